The Kier molecular flexibility index (Phi) is 7.49. The van der Waals surface area contributed by atoms with Gasteiger partial charge in [0.05, 0.1) is 22.8 Å². The van der Waals surface area contributed by atoms with Crippen LogP contribution in [0.25, 0.3) is 38.5 Å². The number of rotatable bonds is 10. The molecule has 0 atom stereocenters. The molecule has 0 spiro atoms. The standard InChI is InChI=1S/C26H22N4O4S/c27-22(32)12-5-17-3-6-19(7-4-17)25-24(30-26(35-25)21-2-1-13-28-21)18-8-10-20(11-9-18)34-16-23(33)29-14-15-31/h1-13,15,28H,14,16H2,(H2,27,32)(H,29,33)/b12-5+. The second kappa shape index (κ2) is 11.1. The maximum Gasteiger partial charge on any atom is 0.258 e. The number of hydrogen-bond donors (Lipinski definition) is 3. The van der Waals surface area contributed by atoms with E-state index in [-0.39, 0.29) is 19.1 Å². The van der Waals surface area contributed by atoms with E-state index >= 15 is 0 Å². The third-order valence-electron chi connectivity index (χ3n) is 4.95. The molecule has 4 N–H and O–H groups in total. The van der Waals surface area contributed by atoms with Crippen molar-refractivity contribution < 1.29 is 19.1 Å². The van der Waals surface area contributed by atoms with Crippen LogP contribution in [0.3, 0.4) is 0 Å². The summed E-state index contributed by atoms with van der Waals surface area (Å²) in [5, 5.41) is 3.28. The second-order valence-electron chi connectivity index (χ2n) is 7.42. The molecule has 0 aliphatic rings. The zero-order valence-corrected chi connectivity index (χ0v) is 19.4. The van der Waals surface area contributed by atoms with Crippen molar-refractivity contribution in [3.8, 4) is 38.1 Å². The number of nitrogens with one attached hydrogen (secondary N) is 2. The molecule has 0 bridgehead atoms. The van der Waals surface area contributed by atoms with Crippen molar-refractivity contribution in [1.82, 2.24) is 15.3 Å². The highest BCUT2D eigenvalue weighted by atomic mass is 32.1. The lowest BCUT2D eigenvalue weighted by molar-refractivity contribution is -0.124. The molecule has 0 unspecified atom stereocenters. The Balaban J connectivity index is 1.61. The minimum Gasteiger partial charge on any atom is -0.484 e. The average Bonchev–Trinajstić information content (AvgIpc) is 3.56. The third kappa shape index (κ3) is 6.10. The lowest BCUT2D eigenvalue weighted by Gasteiger charge is -2.07. The van der Waals surface area contributed by atoms with Gasteiger partial charge in [0.1, 0.15) is 17.0 Å². The number of carbonyl (C=O) groups is 3. The minimum atomic E-state index is -0.497. The van der Waals surface area contributed by atoms with Gasteiger partial charge in [-0.25, -0.2) is 4.98 Å². The molecule has 0 saturated carbocycles. The molecular formula is C26H22N4O4S. The van der Waals surface area contributed by atoms with E-state index in [4.69, 9.17) is 15.5 Å². The molecule has 176 valence electrons. The summed E-state index contributed by atoms with van der Waals surface area (Å²) in [6.07, 6.45) is 5.46. The average molecular weight is 487 g/mol. The van der Waals surface area contributed by atoms with Gasteiger partial charge < -0.3 is 25.6 Å². The molecule has 2 heterocycles. The first-order valence-electron chi connectivity index (χ1n) is 10.7. The molecule has 2 aromatic heterocycles. The first-order chi connectivity index (χ1) is 17.0. The van der Waals surface area contributed by atoms with E-state index in [0.717, 1.165) is 38.0 Å². The van der Waals surface area contributed by atoms with E-state index < -0.39 is 5.91 Å². The fourth-order valence-corrected chi connectivity index (χ4v) is 4.36. The Labute approximate surface area is 205 Å². The van der Waals surface area contributed by atoms with E-state index in [1.165, 1.54) is 6.08 Å². The van der Waals surface area contributed by atoms with Crippen molar-refractivity contribution in [2.75, 3.05) is 13.2 Å². The maximum absolute atomic E-state index is 11.6. The Hall–Kier alpha value is -4.50. The quantitative estimate of drug-likeness (QED) is 0.233. The van der Waals surface area contributed by atoms with Crippen LogP contribution >= 0.6 is 11.3 Å². The highest BCUT2D eigenvalue weighted by Crippen LogP contribution is 2.40. The lowest BCUT2D eigenvalue weighted by atomic mass is 10.0. The van der Waals surface area contributed by atoms with Gasteiger partial charge >= 0.3 is 0 Å². The molecule has 0 aliphatic heterocycles. The van der Waals surface area contributed by atoms with Gasteiger partial charge in [0.2, 0.25) is 5.91 Å². The molecule has 0 radical (unpaired) electrons. The zero-order chi connectivity index (χ0) is 24.6. The summed E-state index contributed by atoms with van der Waals surface area (Å²) in [5.41, 5.74) is 9.66. The second-order valence-corrected chi connectivity index (χ2v) is 8.42. The summed E-state index contributed by atoms with van der Waals surface area (Å²) in [6.45, 7) is -0.220. The molecule has 2 amide bonds. The number of nitrogens with zero attached hydrogens (tertiary/aromatic N) is 1. The number of hydrogen-bond acceptors (Lipinski definition) is 6. The van der Waals surface area contributed by atoms with Gasteiger partial charge in [-0.2, -0.15) is 0 Å². The van der Waals surface area contributed by atoms with Gasteiger partial charge in [0, 0.05) is 17.8 Å². The Morgan fingerprint density at radius 2 is 1.80 bits per heavy atom. The maximum atomic E-state index is 11.6. The molecule has 4 rings (SSSR count). The topological polar surface area (TPSA) is 127 Å². The SMILES string of the molecule is NC(=O)/C=C/c1ccc(-c2sc(-c3ccc[nH]3)nc2-c2ccc(OCC(=O)NCC=O)cc2)cc1. The van der Waals surface area contributed by atoms with Gasteiger partial charge in [0.25, 0.3) is 5.91 Å². The minimum absolute atomic E-state index is 0.0424. The zero-order valence-electron chi connectivity index (χ0n) is 18.6. The Bertz CT molecular complexity index is 1340. The summed E-state index contributed by atoms with van der Waals surface area (Å²) in [7, 11) is 0. The predicted molar refractivity (Wildman–Crippen MR) is 136 cm³/mol. The number of primary amides is 1. The molecular weight excluding hydrogens is 464 g/mol. The number of ether oxygens (including phenoxy) is 1. The van der Waals surface area contributed by atoms with Crippen LogP contribution < -0.4 is 15.8 Å². The van der Waals surface area contributed by atoms with Crippen LogP contribution in [-0.2, 0) is 14.4 Å². The Morgan fingerprint density at radius 1 is 1.06 bits per heavy atom. The van der Waals surface area contributed by atoms with E-state index in [9.17, 15) is 14.4 Å². The van der Waals surface area contributed by atoms with E-state index in [1.54, 1.807) is 29.5 Å². The summed E-state index contributed by atoms with van der Waals surface area (Å²) in [4.78, 5) is 42.1. The molecule has 0 aliphatic carbocycles. The molecule has 4 aromatic rings. The van der Waals surface area contributed by atoms with Crippen LogP contribution in [0.5, 0.6) is 5.75 Å². The van der Waals surface area contributed by atoms with Crippen LogP contribution in [0.4, 0.5) is 0 Å². The van der Waals surface area contributed by atoms with Crippen molar-refractivity contribution >= 4 is 35.5 Å². The van der Waals surface area contributed by atoms with Crippen molar-refractivity contribution in [3.63, 3.8) is 0 Å². The first kappa shape index (κ1) is 23.7. The van der Waals surface area contributed by atoms with Gasteiger partial charge in [-0.3, -0.25) is 9.59 Å². The van der Waals surface area contributed by atoms with Crippen molar-refractivity contribution in [1.29, 1.82) is 0 Å². The van der Waals surface area contributed by atoms with Crippen LogP contribution in [0.2, 0.25) is 0 Å². The van der Waals surface area contributed by atoms with Crippen molar-refractivity contribution in [3.05, 3.63) is 78.5 Å². The van der Waals surface area contributed by atoms with Crippen LogP contribution in [-0.4, -0.2) is 41.2 Å². The van der Waals surface area contributed by atoms with Crippen LogP contribution in [0.1, 0.15) is 5.56 Å². The summed E-state index contributed by atoms with van der Waals surface area (Å²) in [5.74, 6) is -0.335. The molecule has 0 saturated heterocycles. The van der Waals surface area contributed by atoms with E-state index in [1.807, 2.05) is 54.7 Å². The number of thiazole rings is 1. The fraction of sp³-hybridized carbons (Fsp3) is 0.0769. The van der Waals surface area contributed by atoms with Crippen molar-refractivity contribution in [2.45, 2.75) is 0 Å². The Morgan fingerprint density at radius 3 is 2.46 bits per heavy atom. The number of H-pyrrole nitrogens is 1. The van der Waals surface area contributed by atoms with E-state index in [2.05, 4.69) is 10.3 Å². The largest absolute Gasteiger partial charge is 0.484 e. The number of aldehydes is 1. The highest BCUT2D eigenvalue weighted by Gasteiger charge is 2.17. The normalized spacial score (nSPS) is 10.9. The number of nitrogens with two attached hydrogens (primary N) is 1. The molecule has 8 nitrogen and oxygen atoms in total. The number of carbonyl (C=O) groups excluding carboxylic acids is 3. The number of amides is 2. The van der Waals surface area contributed by atoms with Crippen molar-refractivity contribution in [2.24, 2.45) is 5.73 Å². The van der Waals surface area contributed by atoms with Gasteiger partial charge in [-0.1, -0.05) is 24.3 Å². The van der Waals surface area contributed by atoms with Gasteiger partial charge in [-0.15, -0.1) is 11.3 Å². The fourth-order valence-electron chi connectivity index (χ4n) is 3.28. The number of benzene rings is 2. The van der Waals surface area contributed by atoms with Crippen LogP contribution in [0, 0.1) is 0 Å². The summed E-state index contributed by atoms with van der Waals surface area (Å²) < 4.78 is 5.50. The highest BCUT2D eigenvalue weighted by molar-refractivity contribution is 7.18. The molecule has 2 aromatic carbocycles. The molecule has 35 heavy (non-hydrogen) atoms. The monoisotopic (exact) mass is 486 g/mol. The van der Waals surface area contributed by atoms with Crippen LogP contribution in [0.15, 0.2) is 72.9 Å². The predicted octanol–water partition coefficient (Wildman–Crippen LogP) is 3.66. The van der Waals surface area contributed by atoms with Gasteiger partial charge in [0.15, 0.2) is 6.61 Å². The lowest BCUT2D eigenvalue weighted by Crippen LogP contribution is -2.30. The number of aromatic nitrogens is 2. The van der Waals surface area contributed by atoms with Gasteiger partial charge in [-0.05, 0) is 53.6 Å². The van der Waals surface area contributed by atoms with E-state index in [0.29, 0.717) is 12.0 Å². The number of aromatic amines is 1. The molecule has 9 heteroatoms. The first-order valence-corrected chi connectivity index (χ1v) is 11.5. The molecule has 0 fully saturated rings. The smallest absolute Gasteiger partial charge is 0.258 e. The third-order valence-corrected chi connectivity index (χ3v) is 6.09. The summed E-state index contributed by atoms with van der Waals surface area (Å²) in [6, 6.07) is 19.0. The summed E-state index contributed by atoms with van der Waals surface area (Å²) >= 11 is 1.57.